The van der Waals surface area contributed by atoms with E-state index in [9.17, 15) is 13.2 Å². The molecule has 0 amide bonds. The lowest BCUT2D eigenvalue weighted by atomic mass is 9.94. The van der Waals surface area contributed by atoms with Crippen molar-refractivity contribution < 1.29 is 13.2 Å². The first kappa shape index (κ1) is 13.3. The fourth-order valence-electron chi connectivity index (χ4n) is 1.96. The molecule has 1 rings (SSSR count). The van der Waals surface area contributed by atoms with Gasteiger partial charge in [-0.15, -0.1) is 0 Å². The lowest BCUT2D eigenvalue weighted by Crippen LogP contribution is -2.53. The third-order valence-electron chi connectivity index (χ3n) is 2.89. The van der Waals surface area contributed by atoms with Gasteiger partial charge in [0.25, 0.3) is 0 Å². The molecule has 92 valence electrons. The average molecular weight is 235 g/mol. The van der Waals surface area contributed by atoms with Gasteiger partial charge in [-0.2, -0.15) is 18.4 Å². The summed E-state index contributed by atoms with van der Waals surface area (Å²) in [5.41, 5.74) is -0.833. The van der Waals surface area contributed by atoms with Gasteiger partial charge in [-0.25, -0.2) is 0 Å². The molecule has 0 bridgehead atoms. The van der Waals surface area contributed by atoms with Crippen LogP contribution in [0.1, 0.15) is 12.8 Å². The van der Waals surface area contributed by atoms with Gasteiger partial charge < -0.3 is 5.32 Å². The fourth-order valence-corrected chi connectivity index (χ4v) is 1.96. The molecule has 3 nitrogen and oxygen atoms in total. The molecule has 0 aliphatic heterocycles. The second-order valence-electron chi connectivity index (χ2n) is 4.39. The maximum atomic E-state index is 12.2. The number of rotatable bonds is 5. The van der Waals surface area contributed by atoms with Gasteiger partial charge >= 0.3 is 6.18 Å². The van der Waals surface area contributed by atoms with Crippen molar-refractivity contribution in [3.8, 4) is 6.07 Å². The largest absolute Gasteiger partial charge is 0.401 e. The van der Waals surface area contributed by atoms with E-state index in [4.69, 9.17) is 5.26 Å². The Bertz CT molecular complexity index is 280. The molecule has 0 aromatic carbocycles. The fraction of sp³-hybridized carbons (Fsp3) is 0.900. The van der Waals surface area contributed by atoms with Gasteiger partial charge in [0.1, 0.15) is 5.54 Å². The zero-order valence-electron chi connectivity index (χ0n) is 9.43. The molecule has 1 saturated carbocycles. The molecule has 1 aliphatic carbocycles. The topological polar surface area (TPSA) is 39.1 Å². The van der Waals surface area contributed by atoms with Gasteiger partial charge in [0.05, 0.1) is 12.6 Å². The van der Waals surface area contributed by atoms with Gasteiger partial charge in [-0.3, -0.25) is 4.90 Å². The Hall–Kier alpha value is -0.800. The first-order valence-electron chi connectivity index (χ1n) is 5.18. The zero-order valence-corrected chi connectivity index (χ0v) is 9.43. The van der Waals surface area contributed by atoms with Gasteiger partial charge in [0, 0.05) is 6.54 Å². The van der Waals surface area contributed by atoms with Crippen LogP contribution in [0.3, 0.4) is 0 Å². The van der Waals surface area contributed by atoms with Gasteiger partial charge in [-0.05, 0) is 32.9 Å². The zero-order chi connectivity index (χ0) is 12.4. The monoisotopic (exact) mass is 235 g/mol. The maximum Gasteiger partial charge on any atom is 0.401 e. The number of nitriles is 1. The van der Waals surface area contributed by atoms with Crippen molar-refractivity contribution in [2.75, 3.05) is 27.2 Å². The van der Waals surface area contributed by atoms with Crippen molar-refractivity contribution in [2.24, 2.45) is 5.92 Å². The summed E-state index contributed by atoms with van der Waals surface area (Å²) in [5, 5.41) is 12.0. The van der Waals surface area contributed by atoms with E-state index in [2.05, 4.69) is 11.4 Å². The van der Waals surface area contributed by atoms with E-state index in [0.29, 0.717) is 0 Å². The number of alkyl halides is 3. The summed E-state index contributed by atoms with van der Waals surface area (Å²) in [5.74, 6) is 0.179. The van der Waals surface area contributed by atoms with Crippen molar-refractivity contribution in [1.29, 1.82) is 5.26 Å². The lowest BCUT2D eigenvalue weighted by molar-refractivity contribution is -0.144. The predicted molar refractivity (Wildman–Crippen MR) is 53.7 cm³/mol. The van der Waals surface area contributed by atoms with Crippen LogP contribution in [0.25, 0.3) is 0 Å². The minimum absolute atomic E-state index is 0.101. The molecule has 1 atom stereocenters. The van der Waals surface area contributed by atoms with Crippen LogP contribution < -0.4 is 5.32 Å². The number of likely N-dealkylation sites (N-methyl/N-ethyl adjacent to an activating group) is 2. The molecule has 0 spiro atoms. The molecule has 0 saturated heterocycles. The number of hydrogen-bond acceptors (Lipinski definition) is 3. The molecule has 0 aromatic heterocycles. The standard InChI is InChI=1S/C10H16F3N3/c1-15-9(5-14,8-3-4-8)6-16(2)7-10(11,12)13/h8,15H,3-4,6-7H2,1-2H3. The number of hydrogen-bond donors (Lipinski definition) is 1. The van der Waals surface area contributed by atoms with Crippen molar-refractivity contribution >= 4 is 0 Å². The van der Waals surface area contributed by atoms with Crippen LogP contribution in [0.5, 0.6) is 0 Å². The Balaban J connectivity index is 2.59. The van der Waals surface area contributed by atoms with Crippen LogP contribution in [0.2, 0.25) is 0 Å². The minimum Gasteiger partial charge on any atom is -0.301 e. The van der Waals surface area contributed by atoms with Gasteiger partial charge in [0.15, 0.2) is 0 Å². The molecule has 1 aliphatic rings. The Morgan fingerprint density at radius 3 is 2.25 bits per heavy atom. The predicted octanol–water partition coefficient (Wildman–Crippen LogP) is 1.37. The summed E-state index contributed by atoms with van der Waals surface area (Å²) in [6, 6.07) is 2.12. The second-order valence-corrected chi connectivity index (χ2v) is 4.39. The summed E-state index contributed by atoms with van der Waals surface area (Å²) in [6.07, 6.45) is -2.39. The van der Waals surface area contributed by atoms with Crippen molar-refractivity contribution in [3.63, 3.8) is 0 Å². The SMILES string of the molecule is CNC(C#N)(CN(C)CC(F)(F)F)C1CC1. The Morgan fingerprint density at radius 2 is 1.94 bits per heavy atom. The Kier molecular flexibility index (Phi) is 3.81. The molecule has 0 heterocycles. The highest BCUT2D eigenvalue weighted by Crippen LogP contribution is 2.39. The highest BCUT2D eigenvalue weighted by Gasteiger charge is 2.46. The molecule has 1 N–H and O–H groups in total. The summed E-state index contributed by atoms with van der Waals surface area (Å²) in [6.45, 7) is -0.880. The van der Waals surface area contributed by atoms with Gasteiger partial charge in [0.2, 0.25) is 0 Å². The van der Waals surface area contributed by atoms with Crippen molar-refractivity contribution in [2.45, 2.75) is 24.6 Å². The van der Waals surface area contributed by atoms with Crippen LogP contribution in [-0.4, -0.2) is 43.8 Å². The van der Waals surface area contributed by atoms with Crippen LogP contribution >= 0.6 is 0 Å². The number of nitrogens with zero attached hydrogens (tertiary/aromatic N) is 2. The second kappa shape index (κ2) is 4.60. The highest BCUT2D eigenvalue weighted by atomic mass is 19.4. The van der Waals surface area contributed by atoms with E-state index in [1.165, 1.54) is 7.05 Å². The van der Waals surface area contributed by atoms with Crippen molar-refractivity contribution in [1.82, 2.24) is 10.2 Å². The van der Waals surface area contributed by atoms with E-state index in [0.717, 1.165) is 17.7 Å². The van der Waals surface area contributed by atoms with Crippen LogP contribution in [0.15, 0.2) is 0 Å². The van der Waals surface area contributed by atoms with E-state index >= 15 is 0 Å². The van der Waals surface area contributed by atoms with Crippen LogP contribution in [-0.2, 0) is 0 Å². The average Bonchev–Trinajstić information content (AvgIpc) is 2.94. The quantitative estimate of drug-likeness (QED) is 0.782. The molecule has 1 fully saturated rings. The summed E-state index contributed by atoms with van der Waals surface area (Å²) < 4.78 is 36.5. The Morgan fingerprint density at radius 1 is 1.38 bits per heavy atom. The first-order chi connectivity index (χ1) is 7.33. The molecular formula is C10H16F3N3. The summed E-state index contributed by atoms with van der Waals surface area (Å²) in [7, 11) is 3.02. The first-order valence-corrected chi connectivity index (χ1v) is 5.18. The summed E-state index contributed by atoms with van der Waals surface area (Å²) in [4.78, 5) is 1.15. The van der Waals surface area contributed by atoms with E-state index < -0.39 is 18.3 Å². The highest BCUT2D eigenvalue weighted by molar-refractivity contribution is 5.16. The Labute approximate surface area is 93.2 Å². The molecule has 0 aromatic rings. The normalized spacial score (nSPS) is 20.6. The van der Waals surface area contributed by atoms with E-state index in [-0.39, 0.29) is 12.5 Å². The smallest absolute Gasteiger partial charge is 0.301 e. The third-order valence-corrected chi connectivity index (χ3v) is 2.89. The lowest BCUT2D eigenvalue weighted by Gasteiger charge is -2.31. The molecule has 6 heteroatoms. The molecule has 1 unspecified atom stereocenters. The van der Waals surface area contributed by atoms with Crippen LogP contribution in [0.4, 0.5) is 13.2 Å². The number of nitrogens with one attached hydrogen (secondary N) is 1. The minimum atomic E-state index is -4.22. The van der Waals surface area contributed by atoms with E-state index in [1.807, 2.05) is 0 Å². The van der Waals surface area contributed by atoms with Gasteiger partial charge in [-0.1, -0.05) is 0 Å². The summed E-state index contributed by atoms with van der Waals surface area (Å²) >= 11 is 0. The molecule has 16 heavy (non-hydrogen) atoms. The maximum absolute atomic E-state index is 12.2. The van der Waals surface area contributed by atoms with E-state index in [1.54, 1.807) is 7.05 Å². The van der Waals surface area contributed by atoms with Crippen molar-refractivity contribution in [3.05, 3.63) is 0 Å². The molecule has 0 radical (unpaired) electrons. The third kappa shape index (κ3) is 3.35. The molecular weight excluding hydrogens is 219 g/mol. The number of halogens is 3. The van der Waals surface area contributed by atoms with Crippen LogP contribution in [0, 0.1) is 17.2 Å².